The second kappa shape index (κ2) is 7.48. The fourth-order valence-corrected chi connectivity index (χ4v) is 3.13. The molecule has 6 nitrogen and oxygen atoms in total. The number of hydrogen-bond acceptors (Lipinski definition) is 4. The van der Waals surface area contributed by atoms with E-state index in [0.717, 1.165) is 42.9 Å². The first-order chi connectivity index (χ1) is 12.3. The second-order valence-corrected chi connectivity index (χ2v) is 8.00. The lowest BCUT2D eigenvalue weighted by Gasteiger charge is -2.31. The SMILES string of the molecule is Cc1ccccc1OCC(=O)N1CCC(n2cc(C(C)(C)C)nn2)CC1. The van der Waals surface area contributed by atoms with Crippen LogP contribution in [0.1, 0.15) is 50.9 Å². The number of aryl methyl sites for hydroxylation is 1. The van der Waals surface area contributed by atoms with E-state index in [1.165, 1.54) is 0 Å². The number of rotatable bonds is 4. The Hall–Kier alpha value is -2.37. The standard InChI is InChI=1S/C20H28N4O2/c1-15-7-5-6-8-17(15)26-14-19(25)23-11-9-16(10-12-23)24-13-18(21-22-24)20(2,3)4/h5-8,13,16H,9-12,14H2,1-4H3. The van der Waals surface area contributed by atoms with Gasteiger partial charge in [-0.05, 0) is 31.4 Å². The van der Waals surface area contributed by atoms with Crippen LogP contribution in [0.4, 0.5) is 0 Å². The summed E-state index contributed by atoms with van der Waals surface area (Å²) in [6, 6.07) is 8.06. The zero-order chi connectivity index (χ0) is 18.7. The summed E-state index contributed by atoms with van der Waals surface area (Å²) in [5, 5.41) is 8.60. The topological polar surface area (TPSA) is 60.2 Å². The monoisotopic (exact) mass is 356 g/mol. The molecule has 0 unspecified atom stereocenters. The maximum absolute atomic E-state index is 12.4. The predicted molar refractivity (Wildman–Crippen MR) is 100 cm³/mol. The first kappa shape index (κ1) is 18.4. The molecule has 1 saturated heterocycles. The van der Waals surface area contributed by atoms with Crippen LogP contribution in [0.5, 0.6) is 5.75 Å². The molecule has 1 amide bonds. The summed E-state index contributed by atoms with van der Waals surface area (Å²) in [4.78, 5) is 14.3. The Morgan fingerprint density at radius 3 is 2.54 bits per heavy atom. The van der Waals surface area contributed by atoms with E-state index in [0.29, 0.717) is 6.04 Å². The molecule has 0 saturated carbocycles. The number of carbonyl (C=O) groups is 1. The van der Waals surface area contributed by atoms with Crippen molar-refractivity contribution in [2.24, 2.45) is 0 Å². The minimum absolute atomic E-state index is 0.00181. The molecule has 1 aromatic carbocycles. The van der Waals surface area contributed by atoms with Crippen LogP contribution in [0.25, 0.3) is 0 Å². The minimum atomic E-state index is 0.00181. The van der Waals surface area contributed by atoms with Gasteiger partial charge in [0, 0.05) is 24.7 Å². The summed E-state index contributed by atoms with van der Waals surface area (Å²) in [5.74, 6) is 0.814. The lowest BCUT2D eigenvalue weighted by atomic mass is 9.93. The number of benzene rings is 1. The smallest absolute Gasteiger partial charge is 0.260 e. The summed E-state index contributed by atoms with van der Waals surface area (Å²) < 4.78 is 7.65. The van der Waals surface area contributed by atoms with E-state index in [9.17, 15) is 4.79 Å². The van der Waals surface area contributed by atoms with Crippen molar-refractivity contribution in [2.75, 3.05) is 19.7 Å². The lowest BCUT2D eigenvalue weighted by Crippen LogP contribution is -2.41. The van der Waals surface area contributed by atoms with Crippen LogP contribution >= 0.6 is 0 Å². The van der Waals surface area contributed by atoms with E-state index in [2.05, 4.69) is 31.1 Å². The van der Waals surface area contributed by atoms with E-state index in [4.69, 9.17) is 4.74 Å². The first-order valence-electron chi connectivity index (χ1n) is 9.23. The highest BCUT2D eigenvalue weighted by molar-refractivity contribution is 5.77. The zero-order valence-corrected chi connectivity index (χ0v) is 16.1. The van der Waals surface area contributed by atoms with Crippen molar-refractivity contribution in [3.8, 4) is 5.75 Å². The largest absolute Gasteiger partial charge is 0.484 e. The Kier molecular flexibility index (Phi) is 5.30. The van der Waals surface area contributed by atoms with E-state index in [1.807, 2.05) is 47.0 Å². The highest BCUT2D eigenvalue weighted by Gasteiger charge is 2.26. The predicted octanol–water partition coefficient (Wildman–Crippen LogP) is 3.13. The van der Waals surface area contributed by atoms with Gasteiger partial charge in [-0.25, -0.2) is 4.68 Å². The third kappa shape index (κ3) is 4.23. The van der Waals surface area contributed by atoms with Crippen molar-refractivity contribution in [2.45, 2.75) is 52.0 Å². The first-order valence-corrected chi connectivity index (χ1v) is 9.23. The van der Waals surface area contributed by atoms with Gasteiger partial charge in [0.25, 0.3) is 5.91 Å². The molecule has 0 atom stereocenters. The molecule has 1 aliphatic rings. The number of hydrogen-bond donors (Lipinski definition) is 0. The Balaban J connectivity index is 1.51. The number of carbonyl (C=O) groups excluding carboxylic acids is 1. The molecule has 140 valence electrons. The van der Waals surface area contributed by atoms with E-state index in [-0.39, 0.29) is 17.9 Å². The molecule has 0 N–H and O–H groups in total. The van der Waals surface area contributed by atoms with Gasteiger partial charge < -0.3 is 9.64 Å². The third-order valence-electron chi connectivity index (χ3n) is 4.91. The maximum atomic E-state index is 12.4. The zero-order valence-electron chi connectivity index (χ0n) is 16.1. The van der Waals surface area contributed by atoms with Gasteiger partial charge in [0.1, 0.15) is 5.75 Å². The van der Waals surface area contributed by atoms with Crippen molar-refractivity contribution in [3.63, 3.8) is 0 Å². The van der Waals surface area contributed by atoms with Crippen molar-refractivity contribution in [1.82, 2.24) is 19.9 Å². The van der Waals surface area contributed by atoms with Crippen LogP contribution in [0.2, 0.25) is 0 Å². The fraction of sp³-hybridized carbons (Fsp3) is 0.550. The van der Waals surface area contributed by atoms with Crippen molar-refractivity contribution in [1.29, 1.82) is 0 Å². The normalized spacial score (nSPS) is 15.9. The average Bonchev–Trinajstić information content (AvgIpc) is 3.11. The number of aromatic nitrogens is 3. The molecule has 0 aliphatic carbocycles. The molecular formula is C20H28N4O2. The van der Waals surface area contributed by atoms with Crippen LogP contribution in [0, 0.1) is 6.92 Å². The Morgan fingerprint density at radius 2 is 1.92 bits per heavy atom. The van der Waals surface area contributed by atoms with Crippen LogP contribution in [0.15, 0.2) is 30.5 Å². The summed E-state index contributed by atoms with van der Waals surface area (Å²) in [5.41, 5.74) is 2.05. The van der Waals surface area contributed by atoms with Crippen molar-refractivity contribution >= 4 is 5.91 Å². The van der Waals surface area contributed by atoms with Gasteiger partial charge in [-0.2, -0.15) is 0 Å². The van der Waals surface area contributed by atoms with Crippen molar-refractivity contribution in [3.05, 3.63) is 41.7 Å². The van der Waals surface area contributed by atoms with E-state index < -0.39 is 0 Å². The maximum Gasteiger partial charge on any atom is 0.260 e. The molecule has 0 spiro atoms. The van der Waals surface area contributed by atoms with Crippen LogP contribution in [-0.2, 0) is 10.2 Å². The van der Waals surface area contributed by atoms with Crippen LogP contribution < -0.4 is 4.74 Å². The quantitative estimate of drug-likeness (QED) is 0.844. The highest BCUT2D eigenvalue weighted by atomic mass is 16.5. The molecule has 1 fully saturated rings. The third-order valence-corrected chi connectivity index (χ3v) is 4.91. The molecule has 1 aliphatic heterocycles. The molecule has 1 aromatic heterocycles. The number of piperidine rings is 1. The van der Waals surface area contributed by atoms with Crippen LogP contribution in [0.3, 0.4) is 0 Å². The molecular weight excluding hydrogens is 328 g/mol. The molecule has 2 aromatic rings. The van der Waals surface area contributed by atoms with Gasteiger partial charge in [0.15, 0.2) is 6.61 Å². The summed E-state index contributed by atoms with van der Waals surface area (Å²) in [7, 11) is 0. The molecule has 26 heavy (non-hydrogen) atoms. The van der Waals surface area contributed by atoms with Gasteiger partial charge in [-0.1, -0.05) is 44.2 Å². The molecule has 0 radical (unpaired) electrons. The minimum Gasteiger partial charge on any atom is -0.484 e. The Bertz CT molecular complexity index is 755. The molecule has 3 rings (SSSR count). The summed E-state index contributed by atoms with van der Waals surface area (Å²) in [6.45, 7) is 9.93. The van der Waals surface area contributed by atoms with E-state index in [1.54, 1.807) is 0 Å². The molecule has 6 heteroatoms. The Morgan fingerprint density at radius 1 is 1.23 bits per heavy atom. The molecule has 0 bridgehead atoms. The van der Waals surface area contributed by atoms with Crippen LogP contribution in [-0.4, -0.2) is 45.5 Å². The van der Waals surface area contributed by atoms with Gasteiger partial charge in [-0.15, -0.1) is 5.10 Å². The van der Waals surface area contributed by atoms with Gasteiger partial charge in [0.2, 0.25) is 0 Å². The fourth-order valence-electron chi connectivity index (χ4n) is 3.13. The second-order valence-electron chi connectivity index (χ2n) is 8.00. The number of nitrogens with zero attached hydrogens (tertiary/aromatic N) is 4. The van der Waals surface area contributed by atoms with Gasteiger partial charge in [-0.3, -0.25) is 4.79 Å². The summed E-state index contributed by atoms with van der Waals surface area (Å²) >= 11 is 0. The van der Waals surface area contributed by atoms with Gasteiger partial charge in [0.05, 0.1) is 11.7 Å². The van der Waals surface area contributed by atoms with Gasteiger partial charge >= 0.3 is 0 Å². The Labute approximate surface area is 155 Å². The number of ether oxygens (including phenoxy) is 1. The number of likely N-dealkylation sites (tertiary alicyclic amines) is 1. The van der Waals surface area contributed by atoms with Crippen molar-refractivity contribution < 1.29 is 9.53 Å². The highest BCUT2D eigenvalue weighted by Crippen LogP contribution is 2.25. The molecule has 2 heterocycles. The lowest BCUT2D eigenvalue weighted by molar-refractivity contribution is -0.134. The van der Waals surface area contributed by atoms with E-state index >= 15 is 0 Å². The summed E-state index contributed by atoms with van der Waals surface area (Å²) in [6.07, 6.45) is 3.83. The average molecular weight is 356 g/mol. The number of para-hydroxylation sites is 1. The number of amides is 1.